The Hall–Kier alpha value is -4.62. The standard InChI is InChI=1S/C42H40N4O4S4/c47-35(43-33-23-19-31(20-24-33)29-13-5-1-6-14-29)17-9-3-11-27-45-39(49)37(53-41(45)51)38-40(50)46(42(52)54-38)28-12-4-10-18-36(48)44-34-25-21-32(22-26-34)30-15-7-2-8-16-30/h1-2,5-8,13-16,19-26H,3-4,9-12,17-18,27-28H2,(H,43,47)(H,44,48). The number of amides is 4. The Kier molecular flexibility index (Phi) is 13.8. The Bertz CT molecular complexity index is 1890. The zero-order valence-corrected chi connectivity index (χ0v) is 32.9. The molecule has 0 spiro atoms. The highest BCUT2D eigenvalue weighted by Crippen LogP contribution is 2.42. The maximum absolute atomic E-state index is 13.4. The summed E-state index contributed by atoms with van der Waals surface area (Å²) < 4.78 is 0.838. The van der Waals surface area contributed by atoms with Gasteiger partial charge in [-0.15, -0.1) is 0 Å². The highest BCUT2D eigenvalue weighted by molar-refractivity contribution is 8.29. The van der Waals surface area contributed by atoms with Crippen molar-refractivity contribution in [3.63, 3.8) is 0 Å². The van der Waals surface area contributed by atoms with Gasteiger partial charge in [-0.2, -0.15) is 0 Å². The Labute approximate surface area is 335 Å². The third-order valence-electron chi connectivity index (χ3n) is 9.03. The molecule has 0 radical (unpaired) electrons. The van der Waals surface area contributed by atoms with Crippen LogP contribution in [0.15, 0.2) is 119 Å². The molecular weight excluding hydrogens is 753 g/mol. The van der Waals surface area contributed by atoms with Crippen LogP contribution >= 0.6 is 48.0 Å². The Morgan fingerprint density at radius 2 is 0.833 bits per heavy atom. The van der Waals surface area contributed by atoms with E-state index < -0.39 is 0 Å². The van der Waals surface area contributed by atoms with E-state index in [1.54, 1.807) is 9.80 Å². The number of unbranched alkanes of at least 4 members (excludes halogenated alkanes) is 4. The van der Waals surface area contributed by atoms with Crippen molar-refractivity contribution in [1.82, 2.24) is 9.80 Å². The summed E-state index contributed by atoms with van der Waals surface area (Å²) in [7, 11) is 0. The Morgan fingerprint density at radius 3 is 1.20 bits per heavy atom. The Morgan fingerprint density at radius 1 is 0.481 bits per heavy atom. The number of carbonyl (C=O) groups excluding carboxylic acids is 4. The molecule has 2 heterocycles. The first-order chi connectivity index (χ1) is 26.3. The fourth-order valence-corrected chi connectivity index (χ4v) is 8.89. The summed E-state index contributed by atoms with van der Waals surface area (Å²) in [6.45, 7) is 0.840. The fourth-order valence-electron chi connectivity index (χ4n) is 6.12. The molecule has 0 bridgehead atoms. The van der Waals surface area contributed by atoms with Crippen LogP contribution < -0.4 is 10.6 Å². The molecule has 4 aromatic carbocycles. The highest BCUT2D eigenvalue weighted by Gasteiger charge is 2.41. The predicted octanol–water partition coefficient (Wildman–Crippen LogP) is 9.65. The minimum absolute atomic E-state index is 0.0541. The van der Waals surface area contributed by atoms with E-state index in [1.165, 1.54) is 0 Å². The van der Waals surface area contributed by atoms with Crippen molar-refractivity contribution in [2.45, 2.75) is 51.4 Å². The first kappa shape index (κ1) is 39.1. The summed E-state index contributed by atoms with van der Waals surface area (Å²) in [6, 6.07) is 35.7. The van der Waals surface area contributed by atoms with Gasteiger partial charge in [-0.05, 0) is 72.2 Å². The van der Waals surface area contributed by atoms with Gasteiger partial charge in [-0.25, -0.2) is 0 Å². The molecule has 12 heteroatoms. The Balaban J connectivity index is 0.877. The molecule has 6 rings (SSSR count). The number of carbonyl (C=O) groups is 4. The summed E-state index contributed by atoms with van der Waals surface area (Å²) in [6.07, 6.45) is 4.95. The van der Waals surface area contributed by atoms with Gasteiger partial charge in [-0.1, -0.05) is 146 Å². The quantitative estimate of drug-likeness (QED) is 0.0658. The lowest BCUT2D eigenvalue weighted by Crippen LogP contribution is -2.31. The largest absolute Gasteiger partial charge is 0.326 e. The van der Waals surface area contributed by atoms with Gasteiger partial charge in [0.05, 0.1) is 9.81 Å². The molecule has 2 fully saturated rings. The van der Waals surface area contributed by atoms with Gasteiger partial charge in [0.1, 0.15) is 8.64 Å². The average Bonchev–Trinajstić information content (AvgIpc) is 3.63. The zero-order valence-electron chi connectivity index (χ0n) is 29.6. The number of thioether (sulfide) groups is 2. The second-order valence-corrected chi connectivity index (χ2v) is 16.2. The zero-order chi connectivity index (χ0) is 37.9. The summed E-state index contributed by atoms with van der Waals surface area (Å²) in [5.74, 6) is -0.658. The smallest absolute Gasteiger partial charge is 0.267 e. The van der Waals surface area contributed by atoms with Gasteiger partial charge >= 0.3 is 0 Å². The third-order valence-corrected chi connectivity index (χ3v) is 12.1. The van der Waals surface area contributed by atoms with E-state index in [1.807, 2.05) is 109 Å². The lowest BCUT2D eigenvalue weighted by atomic mass is 10.1. The summed E-state index contributed by atoms with van der Waals surface area (Å²) in [5, 5.41) is 5.91. The van der Waals surface area contributed by atoms with Crippen LogP contribution in [-0.2, 0) is 19.2 Å². The molecule has 2 saturated heterocycles. The van der Waals surface area contributed by atoms with Crippen LogP contribution in [0, 0.1) is 0 Å². The van der Waals surface area contributed by atoms with E-state index in [0.717, 1.165) is 70.0 Å². The number of anilines is 2. The van der Waals surface area contributed by atoms with Crippen molar-refractivity contribution in [1.29, 1.82) is 0 Å². The van der Waals surface area contributed by atoms with E-state index in [-0.39, 0.29) is 23.6 Å². The summed E-state index contributed by atoms with van der Waals surface area (Å²) in [5.41, 5.74) is 5.92. The summed E-state index contributed by atoms with van der Waals surface area (Å²) in [4.78, 5) is 55.5. The van der Waals surface area contributed by atoms with Crippen LogP contribution in [0.25, 0.3) is 22.3 Å². The van der Waals surface area contributed by atoms with Crippen molar-refractivity contribution in [3.05, 3.63) is 119 Å². The molecule has 4 amide bonds. The molecule has 0 saturated carbocycles. The molecule has 2 aliphatic heterocycles. The number of nitrogens with one attached hydrogen (secondary N) is 2. The SMILES string of the molecule is O=C(CCCCCN1C(=O)C(=C2SC(=S)N(CCCCCC(=O)Nc3ccc(-c4ccccc4)cc3)C2=O)SC1=S)Nc1ccc(-c2ccccc2)cc1. The molecule has 276 valence electrons. The predicted molar refractivity (Wildman–Crippen MR) is 229 cm³/mol. The number of benzene rings is 4. The molecule has 2 aliphatic rings. The molecule has 2 N–H and O–H groups in total. The normalized spacial score (nSPS) is 15.6. The van der Waals surface area contributed by atoms with Crippen molar-refractivity contribution < 1.29 is 19.2 Å². The molecule has 4 aromatic rings. The van der Waals surface area contributed by atoms with Crippen molar-refractivity contribution in [2.24, 2.45) is 0 Å². The van der Waals surface area contributed by atoms with Crippen molar-refractivity contribution in [3.8, 4) is 22.3 Å². The lowest BCUT2D eigenvalue weighted by molar-refractivity contribution is -0.124. The highest BCUT2D eigenvalue weighted by atomic mass is 32.2. The fraction of sp³-hybridized carbons (Fsp3) is 0.238. The van der Waals surface area contributed by atoms with E-state index >= 15 is 0 Å². The summed E-state index contributed by atoms with van der Waals surface area (Å²) >= 11 is 13.3. The van der Waals surface area contributed by atoms with Gasteiger partial charge in [-0.3, -0.25) is 29.0 Å². The number of hydrogen-bond donors (Lipinski definition) is 2. The minimum atomic E-state index is -0.275. The lowest BCUT2D eigenvalue weighted by Gasteiger charge is -2.14. The van der Waals surface area contributed by atoms with Crippen LogP contribution in [0.4, 0.5) is 11.4 Å². The second-order valence-electron chi connectivity index (χ2n) is 12.9. The van der Waals surface area contributed by atoms with Crippen LogP contribution in [0.3, 0.4) is 0 Å². The number of nitrogens with zero attached hydrogens (tertiary/aromatic N) is 2. The average molecular weight is 793 g/mol. The number of rotatable bonds is 16. The number of hydrogen-bond acceptors (Lipinski definition) is 8. The molecular formula is C42H40N4O4S4. The second kappa shape index (κ2) is 19.1. The van der Waals surface area contributed by atoms with Gasteiger partial charge in [0.15, 0.2) is 0 Å². The first-order valence-corrected chi connectivity index (χ1v) is 20.4. The molecule has 0 aliphatic carbocycles. The maximum atomic E-state index is 13.4. The van der Waals surface area contributed by atoms with Gasteiger partial charge in [0, 0.05) is 37.3 Å². The van der Waals surface area contributed by atoms with Crippen LogP contribution in [0.1, 0.15) is 51.4 Å². The molecule has 54 heavy (non-hydrogen) atoms. The van der Waals surface area contributed by atoms with Crippen molar-refractivity contribution in [2.75, 3.05) is 23.7 Å². The minimum Gasteiger partial charge on any atom is -0.326 e. The van der Waals surface area contributed by atoms with Crippen LogP contribution in [0.2, 0.25) is 0 Å². The van der Waals surface area contributed by atoms with Gasteiger partial charge in [0.25, 0.3) is 11.8 Å². The maximum Gasteiger partial charge on any atom is 0.267 e. The molecule has 0 atom stereocenters. The molecule has 0 unspecified atom stereocenters. The van der Waals surface area contributed by atoms with Gasteiger partial charge < -0.3 is 10.6 Å². The number of thiocarbonyl (C=S) groups is 2. The monoisotopic (exact) mass is 792 g/mol. The molecule has 0 aromatic heterocycles. The van der Waals surface area contributed by atoms with Crippen LogP contribution in [-0.4, -0.2) is 55.2 Å². The van der Waals surface area contributed by atoms with Gasteiger partial charge in [0.2, 0.25) is 11.8 Å². The van der Waals surface area contributed by atoms with E-state index in [0.29, 0.717) is 70.1 Å². The van der Waals surface area contributed by atoms with Crippen molar-refractivity contribution >= 4 is 91.6 Å². The van der Waals surface area contributed by atoms with E-state index in [4.69, 9.17) is 24.4 Å². The van der Waals surface area contributed by atoms with Crippen LogP contribution in [0.5, 0.6) is 0 Å². The topological polar surface area (TPSA) is 98.8 Å². The molecule has 8 nitrogen and oxygen atoms in total. The third kappa shape index (κ3) is 10.3. The van der Waals surface area contributed by atoms with E-state index in [2.05, 4.69) is 10.6 Å². The van der Waals surface area contributed by atoms with E-state index in [9.17, 15) is 19.2 Å². The first-order valence-electron chi connectivity index (χ1n) is 18.0.